The lowest BCUT2D eigenvalue weighted by Crippen LogP contribution is -2.46. The van der Waals surface area contributed by atoms with Crippen LogP contribution in [0.1, 0.15) is 40.0 Å². The normalized spacial score (nSPS) is 32.9. The fourth-order valence-corrected chi connectivity index (χ4v) is 1.85. The summed E-state index contributed by atoms with van der Waals surface area (Å²) in [6, 6.07) is 0. The molecule has 1 aliphatic rings. The molecule has 0 N–H and O–H groups in total. The number of nitrogens with zero attached hydrogens (tertiary/aromatic N) is 1. The van der Waals surface area contributed by atoms with Gasteiger partial charge in [0.25, 0.3) is 0 Å². The van der Waals surface area contributed by atoms with Crippen LogP contribution in [0.2, 0.25) is 0 Å². The monoisotopic (exact) mass is 154 g/mol. The van der Waals surface area contributed by atoms with Crippen molar-refractivity contribution in [3.8, 4) is 0 Å². The molecule has 1 unspecified atom stereocenters. The minimum atomic E-state index is 0.359. The molecule has 0 aromatic heterocycles. The van der Waals surface area contributed by atoms with E-state index in [0.717, 1.165) is 5.92 Å². The van der Waals surface area contributed by atoms with Gasteiger partial charge in [-0.1, -0.05) is 13.8 Å². The van der Waals surface area contributed by atoms with Gasteiger partial charge in [-0.3, -0.25) is 0 Å². The highest BCUT2D eigenvalue weighted by Gasteiger charge is 2.39. The Kier molecular flexibility index (Phi) is 2.36. The molecule has 0 bridgehead atoms. The van der Waals surface area contributed by atoms with Crippen molar-refractivity contribution < 1.29 is 4.58 Å². The summed E-state index contributed by atoms with van der Waals surface area (Å²) >= 11 is 0. The van der Waals surface area contributed by atoms with E-state index < -0.39 is 0 Å². The largest absolute Gasteiger partial charge is 0.237 e. The molecule has 1 rings (SSSR count). The Morgan fingerprint density at radius 3 is 2.36 bits per heavy atom. The number of piperidine rings is 1. The molecule has 1 aliphatic heterocycles. The topological polar surface area (TPSA) is 3.01 Å². The highest BCUT2D eigenvalue weighted by Crippen LogP contribution is 2.30. The summed E-state index contributed by atoms with van der Waals surface area (Å²) in [6.45, 7) is 12.2. The van der Waals surface area contributed by atoms with Crippen LogP contribution < -0.4 is 0 Å². The van der Waals surface area contributed by atoms with Crippen LogP contribution in [0.5, 0.6) is 0 Å². The first-order valence-electron chi connectivity index (χ1n) is 4.65. The molecular weight excluding hydrogens is 134 g/mol. The van der Waals surface area contributed by atoms with E-state index in [9.17, 15) is 0 Å². The summed E-state index contributed by atoms with van der Waals surface area (Å²) in [5.74, 6) is 0.722. The van der Waals surface area contributed by atoms with Gasteiger partial charge >= 0.3 is 0 Å². The minimum absolute atomic E-state index is 0.359. The van der Waals surface area contributed by atoms with Crippen LogP contribution in [-0.2, 0) is 0 Å². The van der Waals surface area contributed by atoms with E-state index in [-0.39, 0.29) is 0 Å². The summed E-state index contributed by atoms with van der Waals surface area (Å²) in [6.07, 6.45) is 4.01. The average molecular weight is 154 g/mol. The van der Waals surface area contributed by atoms with Crippen LogP contribution >= 0.6 is 0 Å². The predicted octanol–water partition coefficient (Wildman–Crippen LogP) is 2.30. The van der Waals surface area contributed by atoms with Crippen molar-refractivity contribution in [2.24, 2.45) is 5.92 Å². The molecule has 11 heavy (non-hydrogen) atoms. The molecule has 1 heteroatoms. The molecule has 1 fully saturated rings. The lowest BCUT2D eigenvalue weighted by atomic mass is 9.80. The molecule has 0 spiro atoms. The third-order valence-electron chi connectivity index (χ3n) is 3.33. The number of rotatable bonds is 1. The van der Waals surface area contributed by atoms with Crippen molar-refractivity contribution in [2.45, 2.75) is 45.6 Å². The van der Waals surface area contributed by atoms with E-state index in [4.69, 9.17) is 0 Å². The fraction of sp³-hybridized carbons (Fsp3) is 0.900. The lowest BCUT2D eigenvalue weighted by molar-refractivity contribution is -0.617. The van der Waals surface area contributed by atoms with E-state index in [1.807, 2.05) is 0 Å². The first kappa shape index (κ1) is 8.76. The second kappa shape index (κ2) is 2.96. The number of hydrogen-bond acceptors (Lipinski definition) is 0. The zero-order valence-corrected chi connectivity index (χ0v) is 8.06. The SMILES string of the molecule is C=[N+]1CCCCC1(C)C(C)C. The van der Waals surface area contributed by atoms with Gasteiger partial charge in [0.2, 0.25) is 0 Å². The van der Waals surface area contributed by atoms with E-state index in [0.29, 0.717) is 5.54 Å². The van der Waals surface area contributed by atoms with Crippen LogP contribution in [0.4, 0.5) is 0 Å². The Hall–Kier alpha value is -0.330. The van der Waals surface area contributed by atoms with Crippen molar-refractivity contribution >= 4 is 6.72 Å². The van der Waals surface area contributed by atoms with Crippen LogP contribution in [0, 0.1) is 5.92 Å². The maximum Gasteiger partial charge on any atom is 0.161 e. The van der Waals surface area contributed by atoms with Crippen LogP contribution in [-0.4, -0.2) is 23.4 Å². The molecule has 0 aromatic carbocycles. The third-order valence-corrected chi connectivity index (χ3v) is 3.33. The first-order valence-corrected chi connectivity index (χ1v) is 4.65. The van der Waals surface area contributed by atoms with Gasteiger partial charge in [-0.15, -0.1) is 0 Å². The molecule has 1 nitrogen and oxygen atoms in total. The standard InChI is InChI=1S/C10H20N/c1-9(2)10(3)7-5-6-8-11(10)4/h9H,4-8H2,1-3H3/q+1. The van der Waals surface area contributed by atoms with E-state index in [1.165, 1.54) is 25.8 Å². The average Bonchev–Trinajstić information content (AvgIpc) is 1.95. The second-order valence-electron chi connectivity index (χ2n) is 4.23. The van der Waals surface area contributed by atoms with Crippen molar-refractivity contribution in [2.75, 3.05) is 6.54 Å². The van der Waals surface area contributed by atoms with Crippen molar-refractivity contribution in [1.29, 1.82) is 0 Å². The molecule has 0 aliphatic carbocycles. The highest BCUT2D eigenvalue weighted by molar-refractivity contribution is 5.16. The van der Waals surface area contributed by atoms with Crippen LogP contribution in [0.3, 0.4) is 0 Å². The van der Waals surface area contributed by atoms with Crippen LogP contribution in [0.15, 0.2) is 0 Å². The molecular formula is C10H20N+. The first-order chi connectivity index (χ1) is 5.07. The van der Waals surface area contributed by atoms with Gasteiger partial charge in [0.05, 0.1) is 0 Å². The van der Waals surface area contributed by atoms with Crippen molar-refractivity contribution in [3.63, 3.8) is 0 Å². The van der Waals surface area contributed by atoms with E-state index in [1.54, 1.807) is 0 Å². The van der Waals surface area contributed by atoms with Gasteiger partial charge in [-0.05, 0) is 6.42 Å². The smallest absolute Gasteiger partial charge is 0.161 e. The zero-order chi connectivity index (χ0) is 8.48. The summed E-state index contributed by atoms with van der Waals surface area (Å²) in [4.78, 5) is 0. The third kappa shape index (κ3) is 1.47. The van der Waals surface area contributed by atoms with Gasteiger partial charge < -0.3 is 0 Å². The summed E-state index contributed by atoms with van der Waals surface area (Å²) in [5, 5.41) is 0. The summed E-state index contributed by atoms with van der Waals surface area (Å²) < 4.78 is 2.28. The van der Waals surface area contributed by atoms with Gasteiger partial charge in [0.1, 0.15) is 13.3 Å². The summed E-state index contributed by atoms with van der Waals surface area (Å²) in [5.41, 5.74) is 0.359. The summed E-state index contributed by atoms with van der Waals surface area (Å²) in [7, 11) is 0. The van der Waals surface area contributed by atoms with Crippen molar-refractivity contribution in [1.82, 2.24) is 0 Å². The number of hydrogen-bond donors (Lipinski definition) is 0. The van der Waals surface area contributed by atoms with Crippen molar-refractivity contribution in [3.05, 3.63) is 0 Å². The lowest BCUT2D eigenvalue weighted by Gasteiger charge is -2.33. The quantitative estimate of drug-likeness (QED) is 0.510. The highest BCUT2D eigenvalue weighted by atomic mass is 15.1. The van der Waals surface area contributed by atoms with E-state index in [2.05, 4.69) is 32.1 Å². The maximum absolute atomic E-state index is 4.11. The Morgan fingerprint density at radius 2 is 2.00 bits per heavy atom. The Morgan fingerprint density at radius 1 is 1.36 bits per heavy atom. The second-order valence-corrected chi connectivity index (χ2v) is 4.23. The predicted molar refractivity (Wildman–Crippen MR) is 49.3 cm³/mol. The molecule has 0 saturated carbocycles. The Labute approximate surface area is 70.1 Å². The minimum Gasteiger partial charge on any atom is -0.237 e. The molecule has 0 amide bonds. The molecule has 1 heterocycles. The molecule has 0 aromatic rings. The molecule has 0 radical (unpaired) electrons. The van der Waals surface area contributed by atoms with Gasteiger partial charge in [0, 0.05) is 25.7 Å². The van der Waals surface area contributed by atoms with Gasteiger partial charge in [-0.2, -0.15) is 0 Å². The molecule has 1 atom stereocenters. The molecule has 1 saturated heterocycles. The van der Waals surface area contributed by atoms with Gasteiger partial charge in [0.15, 0.2) is 5.54 Å². The Balaban J connectivity index is 2.73. The van der Waals surface area contributed by atoms with E-state index >= 15 is 0 Å². The fourth-order valence-electron chi connectivity index (χ4n) is 1.85. The molecule has 64 valence electrons. The Bertz CT molecular complexity index is 160. The van der Waals surface area contributed by atoms with Crippen LogP contribution in [0.25, 0.3) is 0 Å². The van der Waals surface area contributed by atoms with Gasteiger partial charge in [-0.25, -0.2) is 4.58 Å². The maximum atomic E-state index is 4.11. The zero-order valence-electron chi connectivity index (χ0n) is 8.06.